The van der Waals surface area contributed by atoms with Crippen molar-refractivity contribution in [2.24, 2.45) is 5.41 Å². The lowest BCUT2D eigenvalue weighted by Crippen LogP contribution is -2.08. The first-order chi connectivity index (χ1) is 7.05. The number of rotatable bonds is 4. The number of anilines is 1. The highest BCUT2D eigenvalue weighted by Crippen LogP contribution is 2.28. The van der Waals surface area contributed by atoms with Crippen LogP contribution in [-0.4, -0.2) is 5.75 Å². The average Bonchev–Trinajstić information content (AvgIpc) is 2.21. The Labute approximate surface area is 95.5 Å². The third-order valence-electron chi connectivity index (χ3n) is 2.21. The molecular weight excluding hydrogens is 204 g/mol. The fraction of sp³-hybridized carbons (Fsp3) is 0.417. The second kappa shape index (κ2) is 5.09. The molecule has 0 aliphatic heterocycles. The molecule has 0 aliphatic carbocycles. The van der Waals surface area contributed by atoms with Crippen molar-refractivity contribution in [1.82, 2.24) is 0 Å². The standard InChI is InChI=1S/C12H16N2S/c1-12(2,9-13)7-8-15-11-6-4-3-5-10(11)14/h3-6H,7-8,14H2,1-2H3. The number of nitrogens with zero attached hydrogens (tertiary/aromatic N) is 1. The highest BCUT2D eigenvalue weighted by molar-refractivity contribution is 7.99. The van der Waals surface area contributed by atoms with E-state index in [4.69, 9.17) is 11.0 Å². The van der Waals surface area contributed by atoms with Gasteiger partial charge in [-0.3, -0.25) is 0 Å². The maximum absolute atomic E-state index is 8.86. The minimum absolute atomic E-state index is 0.240. The summed E-state index contributed by atoms with van der Waals surface area (Å²) < 4.78 is 0. The molecule has 0 fully saturated rings. The molecular formula is C12H16N2S. The zero-order chi connectivity index (χ0) is 11.3. The minimum Gasteiger partial charge on any atom is -0.398 e. The van der Waals surface area contributed by atoms with Crippen LogP contribution in [0.2, 0.25) is 0 Å². The predicted molar refractivity (Wildman–Crippen MR) is 65.6 cm³/mol. The van der Waals surface area contributed by atoms with Crippen LogP contribution in [0.15, 0.2) is 29.2 Å². The van der Waals surface area contributed by atoms with Crippen molar-refractivity contribution in [2.75, 3.05) is 11.5 Å². The highest BCUT2D eigenvalue weighted by atomic mass is 32.2. The van der Waals surface area contributed by atoms with Crippen LogP contribution in [0.4, 0.5) is 5.69 Å². The highest BCUT2D eigenvalue weighted by Gasteiger charge is 2.16. The van der Waals surface area contributed by atoms with E-state index in [0.717, 1.165) is 22.8 Å². The number of hydrogen-bond acceptors (Lipinski definition) is 3. The Kier molecular flexibility index (Phi) is 4.05. The van der Waals surface area contributed by atoms with Crippen LogP contribution in [0.25, 0.3) is 0 Å². The van der Waals surface area contributed by atoms with Crippen LogP contribution in [0.3, 0.4) is 0 Å². The van der Waals surface area contributed by atoms with Gasteiger partial charge in [0.1, 0.15) is 0 Å². The van der Waals surface area contributed by atoms with Gasteiger partial charge in [0.25, 0.3) is 0 Å². The molecule has 0 spiro atoms. The summed E-state index contributed by atoms with van der Waals surface area (Å²) in [7, 11) is 0. The maximum Gasteiger partial charge on any atom is 0.0684 e. The van der Waals surface area contributed by atoms with Crippen LogP contribution >= 0.6 is 11.8 Å². The molecule has 0 radical (unpaired) electrons. The van der Waals surface area contributed by atoms with Gasteiger partial charge in [-0.2, -0.15) is 5.26 Å². The zero-order valence-corrected chi connectivity index (χ0v) is 9.97. The van der Waals surface area contributed by atoms with Crippen molar-refractivity contribution >= 4 is 17.4 Å². The number of hydrogen-bond donors (Lipinski definition) is 1. The first-order valence-corrected chi connectivity index (χ1v) is 5.92. The van der Waals surface area contributed by atoms with Crippen LogP contribution < -0.4 is 5.73 Å². The minimum atomic E-state index is -0.240. The Hall–Kier alpha value is -1.14. The smallest absolute Gasteiger partial charge is 0.0684 e. The maximum atomic E-state index is 8.86. The molecule has 1 rings (SSSR count). The molecule has 2 nitrogen and oxygen atoms in total. The number of nitrogens with two attached hydrogens (primary N) is 1. The Balaban J connectivity index is 2.46. The van der Waals surface area contributed by atoms with Gasteiger partial charge in [0.2, 0.25) is 0 Å². The van der Waals surface area contributed by atoms with Gasteiger partial charge in [-0.25, -0.2) is 0 Å². The molecule has 0 aliphatic rings. The molecule has 0 aromatic heterocycles. The molecule has 0 saturated carbocycles. The fourth-order valence-electron chi connectivity index (χ4n) is 1.08. The second-order valence-corrected chi connectivity index (χ2v) is 5.27. The Morgan fingerprint density at radius 3 is 2.67 bits per heavy atom. The summed E-state index contributed by atoms with van der Waals surface area (Å²) in [5, 5.41) is 8.86. The lowest BCUT2D eigenvalue weighted by atomic mass is 9.93. The molecule has 0 amide bonds. The van der Waals surface area contributed by atoms with E-state index < -0.39 is 0 Å². The van der Waals surface area contributed by atoms with Crippen molar-refractivity contribution in [3.63, 3.8) is 0 Å². The number of nitrogen functional groups attached to an aromatic ring is 1. The molecule has 15 heavy (non-hydrogen) atoms. The van der Waals surface area contributed by atoms with Gasteiger partial charge < -0.3 is 5.73 Å². The van der Waals surface area contributed by atoms with Crippen molar-refractivity contribution in [1.29, 1.82) is 5.26 Å². The van der Waals surface area contributed by atoms with Gasteiger partial charge in [0, 0.05) is 10.6 Å². The molecule has 0 saturated heterocycles. The Bertz CT molecular complexity index is 366. The van der Waals surface area contributed by atoms with E-state index in [1.807, 2.05) is 38.1 Å². The van der Waals surface area contributed by atoms with Crippen LogP contribution in [0.1, 0.15) is 20.3 Å². The molecule has 3 heteroatoms. The summed E-state index contributed by atoms with van der Waals surface area (Å²) in [4.78, 5) is 1.10. The summed E-state index contributed by atoms with van der Waals surface area (Å²) in [6.45, 7) is 3.92. The third kappa shape index (κ3) is 3.85. The molecule has 0 heterocycles. The first kappa shape index (κ1) is 11.9. The van der Waals surface area contributed by atoms with E-state index in [0.29, 0.717) is 0 Å². The van der Waals surface area contributed by atoms with Crippen molar-refractivity contribution < 1.29 is 0 Å². The van der Waals surface area contributed by atoms with E-state index in [1.54, 1.807) is 11.8 Å². The van der Waals surface area contributed by atoms with Crippen LogP contribution in [0, 0.1) is 16.7 Å². The zero-order valence-electron chi connectivity index (χ0n) is 9.16. The second-order valence-electron chi connectivity index (χ2n) is 4.13. The normalized spacial score (nSPS) is 11.0. The molecule has 80 valence electrons. The van der Waals surface area contributed by atoms with E-state index in [9.17, 15) is 0 Å². The monoisotopic (exact) mass is 220 g/mol. The van der Waals surface area contributed by atoms with E-state index in [1.165, 1.54) is 0 Å². The van der Waals surface area contributed by atoms with Gasteiger partial charge in [-0.05, 0) is 38.2 Å². The SMILES string of the molecule is CC(C)(C#N)CCSc1ccccc1N. The van der Waals surface area contributed by atoms with E-state index in [2.05, 4.69) is 6.07 Å². The summed E-state index contributed by atoms with van der Waals surface area (Å²) in [6.07, 6.45) is 0.877. The Morgan fingerprint density at radius 2 is 2.07 bits per heavy atom. The molecule has 0 atom stereocenters. The molecule has 2 N–H and O–H groups in total. The predicted octanol–water partition coefficient (Wildman–Crippen LogP) is 3.30. The van der Waals surface area contributed by atoms with Crippen LogP contribution in [-0.2, 0) is 0 Å². The number of benzene rings is 1. The van der Waals surface area contributed by atoms with Crippen molar-refractivity contribution in [3.8, 4) is 6.07 Å². The van der Waals surface area contributed by atoms with Crippen molar-refractivity contribution in [3.05, 3.63) is 24.3 Å². The quantitative estimate of drug-likeness (QED) is 0.625. The molecule has 1 aromatic carbocycles. The summed E-state index contributed by atoms with van der Waals surface area (Å²) in [6, 6.07) is 10.1. The van der Waals surface area contributed by atoms with Gasteiger partial charge in [-0.15, -0.1) is 11.8 Å². The molecule has 1 aromatic rings. The van der Waals surface area contributed by atoms with Gasteiger partial charge in [0.15, 0.2) is 0 Å². The van der Waals surface area contributed by atoms with Crippen molar-refractivity contribution in [2.45, 2.75) is 25.2 Å². The molecule has 0 bridgehead atoms. The lowest BCUT2D eigenvalue weighted by molar-refractivity contribution is 0.482. The Morgan fingerprint density at radius 1 is 1.40 bits per heavy atom. The summed E-state index contributed by atoms with van der Waals surface area (Å²) in [5.74, 6) is 0.925. The lowest BCUT2D eigenvalue weighted by Gasteiger charge is -2.14. The summed E-state index contributed by atoms with van der Waals surface area (Å²) in [5.41, 5.74) is 6.39. The largest absolute Gasteiger partial charge is 0.398 e. The summed E-state index contributed by atoms with van der Waals surface area (Å²) >= 11 is 1.71. The first-order valence-electron chi connectivity index (χ1n) is 4.94. The average molecular weight is 220 g/mol. The third-order valence-corrected chi connectivity index (χ3v) is 3.30. The van der Waals surface area contributed by atoms with Gasteiger partial charge >= 0.3 is 0 Å². The number of nitriles is 1. The van der Waals surface area contributed by atoms with Crippen LogP contribution in [0.5, 0.6) is 0 Å². The number of para-hydroxylation sites is 1. The van der Waals surface area contributed by atoms with Gasteiger partial charge in [0.05, 0.1) is 11.5 Å². The van der Waals surface area contributed by atoms with Gasteiger partial charge in [-0.1, -0.05) is 12.1 Å². The molecule has 0 unspecified atom stereocenters. The number of thioether (sulfide) groups is 1. The van der Waals surface area contributed by atoms with E-state index >= 15 is 0 Å². The fourth-order valence-corrected chi connectivity index (χ4v) is 2.33. The topological polar surface area (TPSA) is 49.8 Å². The van der Waals surface area contributed by atoms with E-state index in [-0.39, 0.29) is 5.41 Å².